The van der Waals surface area contributed by atoms with E-state index in [1.165, 1.54) is 25.0 Å². The summed E-state index contributed by atoms with van der Waals surface area (Å²) < 4.78 is 1.07. The van der Waals surface area contributed by atoms with Gasteiger partial charge in [-0.2, -0.15) is 0 Å². The Morgan fingerprint density at radius 1 is 1.31 bits per heavy atom. The molecule has 2 aliphatic rings. The lowest BCUT2D eigenvalue weighted by molar-refractivity contribution is 0.606. The largest absolute Gasteiger partial charge is 0.383 e. The first kappa shape index (κ1) is 10.7. The highest BCUT2D eigenvalue weighted by Gasteiger charge is 2.49. The molecule has 0 bridgehead atoms. The molecule has 3 rings (SSSR count). The first-order valence-corrected chi connectivity index (χ1v) is 6.90. The molecule has 1 unspecified atom stereocenters. The number of nitrogen functional groups attached to an aromatic ring is 1. The molecule has 16 heavy (non-hydrogen) atoms. The second-order valence-electron chi connectivity index (χ2n) is 5.69. The Bertz CT molecular complexity index is 452. The van der Waals surface area contributed by atoms with Gasteiger partial charge in [0.25, 0.3) is 0 Å². The molecule has 86 valence electrons. The van der Waals surface area contributed by atoms with E-state index >= 15 is 0 Å². The maximum atomic E-state index is 5.98. The molecule has 2 fully saturated rings. The number of nitrogens with zero attached hydrogens (tertiary/aromatic N) is 2. The smallest absolute Gasteiger partial charge is 0.140 e. The number of aromatic nitrogens is 2. The van der Waals surface area contributed by atoms with E-state index in [9.17, 15) is 0 Å². The summed E-state index contributed by atoms with van der Waals surface area (Å²) in [5.41, 5.74) is 7.56. The minimum absolute atomic E-state index is 0.375. The molecule has 2 aliphatic carbocycles. The molecular formula is C12H16IN3. The molecule has 0 amide bonds. The van der Waals surface area contributed by atoms with Gasteiger partial charge in [0.2, 0.25) is 0 Å². The quantitative estimate of drug-likeness (QED) is 0.849. The van der Waals surface area contributed by atoms with Crippen LogP contribution in [0.25, 0.3) is 0 Å². The topological polar surface area (TPSA) is 51.8 Å². The predicted molar refractivity (Wildman–Crippen MR) is 72.3 cm³/mol. The lowest BCUT2D eigenvalue weighted by atomic mass is 10.1. The molecule has 1 aromatic rings. The molecule has 3 nitrogen and oxygen atoms in total. The molecule has 2 N–H and O–H groups in total. The predicted octanol–water partition coefficient (Wildman–Crippen LogP) is 3.05. The van der Waals surface area contributed by atoms with Crippen molar-refractivity contribution in [3.8, 4) is 0 Å². The van der Waals surface area contributed by atoms with Crippen LogP contribution in [0.1, 0.15) is 56.5 Å². The van der Waals surface area contributed by atoms with E-state index in [2.05, 4.69) is 41.4 Å². The average molecular weight is 329 g/mol. The van der Waals surface area contributed by atoms with Crippen molar-refractivity contribution in [1.82, 2.24) is 9.97 Å². The van der Waals surface area contributed by atoms with Crippen LogP contribution in [0.15, 0.2) is 0 Å². The maximum Gasteiger partial charge on any atom is 0.140 e. The van der Waals surface area contributed by atoms with Crippen LogP contribution in [0.3, 0.4) is 0 Å². The molecule has 1 aromatic heterocycles. The molecule has 4 heteroatoms. The van der Waals surface area contributed by atoms with Gasteiger partial charge < -0.3 is 5.73 Å². The zero-order valence-electron chi connectivity index (χ0n) is 9.63. The zero-order chi connectivity index (χ0) is 11.5. The number of hydrogen-bond acceptors (Lipinski definition) is 3. The Labute approximate surface area is 109 Å². The molecule has 0 saturated heterocycles. The van der Waals surface area contributed by atoms with Crippen molar-refractivity contribution >= 4 is 28.4 Å². The van der Waals surface area contributed by atoms with Crippen LogP contribution in [0.4, 0.5) is 5.82 Å². The van der Waals surface area contributed by atoms with E-state index in [1.807, 2.05) is 0 Å². The SMILES string of the molecule is CC1(C)CC1c1nc(N)c(I)c(C2CC2)n1. The van der Waals surface area contributed by atoms with Gasteiger partial charge >= 0.3 is 0 Å². The van der Waals surface area contributed by atoms with Crippen molar-refractivity contribution in [3.63, 3.8) is 0 Å². The Morgan fingerprint density at radius 3 is 2.44 bits per heavy atom. The van der Waals surface area contributed by atoms with E-state index in [-0.39, 0.29) is 0 Å². The average Bonchev–Trinajstić information content (AvgIpc) is 3.07. The zero-order valence-corrected chi connectivity index (χ0v) is 11.8. The Morgan fingerprint density at radius 2 is 1.94 bits per heavy atom. The fraction of sp³-hybridized carbons (Fsp3) is 0.667. The van der Waals surface area contributed by atoms with Gasteiger partial charge in [0.15, 0.2) is 0 Å². The van der Waals surface area contributed by atoms with Crippen molar-refractivity contribution in [1.29, 1.82) is 0 Å². The van der Waals surface area contributed by atoms with Gasteiger partial charge in [-0.25, -0.2) is 9.97 Å². The Hall–Kier alpha value is -0.390. The monoisotopic (exact) mass is 329 g/mol. The van der Waals surface area contributed by atoms with Gasteiger partial charge in [-0.1, -0.05) is 13.8 Å². The lowest BCUT2D eigenvalue weighted by Gasteiger charge is -2.09. The number of hydrogen-bond donors (Lipinski definition) is 1. The second-order valence-corrected chi connectivity index (χ2v) is 6.76. The number of nitrogens with two attached hydrogens (primary N) is 1. The summed E-state index contributed by atoms with van der Waals surface area (Å²) in [6, 6.07) is 0. The summed E-state index contributed by atoms with van der Waals surface area (Å²) in [4.78, 5) is 9.21. The number of rotatable bonds is 2. The summed E-state index contributed by atoms with van der Waals surface area (Å²) >= 11 is 2.28. The van der Waals surface area contributed by atoms with Crippen molar-refractivity contribution in [2.24, 2.45) is 5.41 Å². The van der Waals surface area contributed by atoms with Crippen LogP contribution in [-0.4, -0.2) is 9.97 Å². The fourth-order valence-electron chi connectivity index (χ4n) is 2.19. The highest BCUT2D eigenvalue weighted by atomic mass is 127. The highest BCUT2D eigenvalue weighted by Crippen LogP contribution is 2.58. The van der Waals surface area contributed by atoms with Gasteiger partial charge in [0, 0.05) is 11.8 Å². The third-order valence-electron chi connectivity index (χ3n) is 3.71. The van der Waals surface area contributed by atoms with Crippen molar-refractivity contribution < 1.29 is 0 Å². The van der Waals surface area contributed by atoms with Crippen LogP contribution in [0.2, 0.25) is 0 Å². The number of anilines is 1. The van der Waals surface area contributed by atoms with E-state index in [0.717, 1.165) is 9.39 Å². The van der Waals surface area contributed by atoms with Gasteiger partial charge in [0.05, 0.1) is 9.26 Å². The molecule has 1 atom stereocenters. The molecule has 0 radical (unpaired) electrons. The van der Waals surface area contributed by atoms with E-state index < -0.39 is 0 Å². The van der Waals surface area contributed by atoms with Gasteiger partial charge in [-0.05, 0) is 47.3 Å². The molecular weight excluding hydrogens is 313 g/mol. The van der Waals surface area contributed by atoms with Crippen LogP contribution in [-0.2, 0) is 0 Å². The van der Waals surface area contributed by atoms with E-state index in [1.54, 1.807) is 0 Å². The summed E-state index contributed by atoms with van der Waals surface area (Å²) in [6.07, 6.45) is 3.72. The maximum absolute atomic E-state index is 5.98. The van der Waals surface area contributed by atoms with Crippen LogP contribution in [0, 0.1) is 8.99 Å². The van der Waals surface area contributed by atoms with Crippen molar-refractivity contribution in [2.75, 3.05) is 5.73 Å². The minimum atomic E-state index is 0.375. The van der Waals surface area contributed by atoms with Gasteiger partial charge in [0.1, 0.15) is 11.6 Å². The molecule has 0 spiro atoms. The number of halogens is 1. The standard InChI is InChI=1S/C12H16IN3/c1-12(2)5-7(12)11-15-9(6-3-4-6)8(13)10(14)16-11/h6-7H,3-5H2,1-2H3,(H2,14,15,16). The first-order chi connectivity index (χ1) is 7.49. The first-order valence-electron chi connectivity index (χ1n) is 5.82. The Balaban J connectivity index is 2.01. The normalized spacial score (nSPS) is 26.8. The summed E-state index contributed by atoms with van der Waals surface area (Å²) in [5.74, 6) is 2.82. The van der Waals surface area contributed by atoms with Crippen LogP contribution in [0.5, 0.6) is 0 Å². The van der Waals surface area contributed by atoms with Crippen LogP contribution < -0.4 is 5.73 Å². The Kier molecular flexibility index (Phi) is 2.22. The van der Waals surface area contributed by atoms with Gasteiger partial charge in [-0.3, -0.25) is 0 Å². The molecule has 2 saturated carbocycles. The minimum Gasteiger partial charge on any atom is -0.383 e. The third kappa shape index (κ3) is 1.71. The van der Waals surface area contributed by atoms with E-state index in [0.29, 0.717) is 23.1 Å². The lowest BCUT2D eigenvalue weighted by Crippen LogP contribution is -2.07. The summed E-state index contributed by atoms with van der Waals surface area (Å²) in [7, 11) is 0. The summed E-state index contributed by atoms with van der Waals surface area (Å²) in [6.45, 7) is 4.54. The highest BCUT2D eigenvalue weighted by molar-refractivity contribution is 14.1. The molecule has 0 aromatic carbocycles. The van der Waals surface area contributed by atoms with E-state index in [4.69, 9.17) is 10.7 Å². The van der Waals surface area contributed by atoms with Crippen molar-refractivity contribution in [3.05, 3.63) is 15.1 Å². The second kappa shape index (κ2) is 3.31. The van der Waals surface area contributed by atoms with Crippen molar-refractivity contribution in [2.45, 2.75) is 44.9 Å². The third-order valence-corrected chi connectivity index (χ3v) is 4.81. The summed E-state index contributed by atoms with van der Waals surface area (Å²) in [5, 5.41) is 0. The fourth-order valence-corrected chi connectivity index (χ4v) is 2.87. The van der Waals surface area contributed by atoms with Crippen LogP contribution >= 0.6 is 22.6 Å². The van der Waals surface area contributed by atoms with Gasteiger partial charge in [-0.15, -0.1) is 0 Å². The molecule has 1 heterocycles. The molecule has 0 aliphatic heterocycles.